The summed E-state index contributed by atoms with van der Waals surface area (Å²) in [5.74, 6) is 1.47. The Balaban J connectivity index is 1.31. The summed E-state index contributed by atoms with van der Waals surface area (Å²) in [4.78, 5) is 9.26. The molecule has 0 atom stereocenters. The monoisotopic (exact) mass is 389 g/mol. The first-order chi connectivity index (χ1) is 13.7. The maximum Gasteiger partial charge on any atom is 0.191 e. The molecular weight excluding hydrogens is 353 g/mol. The summed E-state index contributed by atoms with van der Waals surface area (Å²) < 4.78 is 13.8. The highest BCUT2D eigenvalue weighted by Crippen LogP contribution is 2.19. The molecule has 0 unspecified atom stereocenters. The first-order valence-electron chi connectivity index (χ1n) is 10.9. The molecule has 2 aliphatic rings. The number of likely N-dealkylation sites (tertiary alicyclic amines) is 2. The Kier molecular flexibility index (Phi) is 8.55. The van der Waals surface area contributed by atoms with Gasteiger partial charge in [0.2, 0.25) is 0 Å². The summed E-state index contributed by atoms with van der Waals surface area (Å²) >= 11 is 0. The number of benzene rings is 1. The molecule has 28 heavy (non-hydrogen) atoms. The van der Waals surface area contributed by atoms with Gasteiger partial charge >= 0.3 is 0 Å². The van der Waals surface area contributed by atoms with Gasteiger partial charge < -0.3 is 15.5 Å². The quantitative estimate of drug-likeness (QED) is 0.556. The van der Waals surface area contributed by atoms with Crippen LogP contribution in [0.25, 0.3) is 0 Å². The summed E-state index contributed by atoms with van der Waals surface area (Å²) in [5, 5.41) is 6.94. The minimum atomic E-state index is -0.0919. The largest absolute Gasteiger partial charge is 0.356 e. The molecule has 0 saturated carbocycles. The van der Waals surface area contributed by atoms with Crippen molar-refractivity contribution < 1.29 is 4.39 Å². The second-order valence-corrected chi connectivity index (χ2v) is 8.09. The number of piperidine rings is 2. The van der Waals surface area contributed by atoms with Gasteiger partial charge in [-0.2, -0.15) is 0 Å². The second-order valence-electron chi connectivity index (χ2n) is 8.09. The third kappa shape index (κ3) is 6.74. The van der Waals surface area contributed by atoms with Crippen molar-refractivity contribution in [1.29, 1.82) is 0 Å². The van der Waals surface area contributed by atoms with E-state index in [1.807, 2.05) is 19.2 Å². The average molecular weight is 390 g/mol. The van der Waals surface area contributed by atoms with Gasteiger partial charge in [-0.1, -0.05) is 24.6 Å². The van der Waals surface area contributed by atoms with E-state index in [4.69, 9.17) is 0 Å². The number of rotatable bonds is 7. The summed E-state index contributed by atoms with van der Waals surface area (Å²) in [6.45, 7) is 8.24. The van der Waals surface area contributed by atoms with Gasteiger partial charge in [0.05, 0.1) is 0 Å². The van der Waals surface area contributed by atoms with Gasteiger partial charge in [0.1, 0.15) is 5.82 Å². The smallest absolute Gasteiger partial charge is 0.191 e. The van der Waals surface area contributed by atoms with Gasteiger partial charge in [-0.05, 0) is 63.8 Å². The summed E-state index contributed by atoms with van der Waals surface area (Å²) in [6.07, 6.45) is 6.34. The van der Waals surface area contributed by atoms with Crippen molar-refractivity contribution in [2.45, 2.75) is 38.6 Å². The lowest BCUT2D eigenvalue weighted by atomic mass is 9.96. The number of nitrogens with zero attached hydrogens (tertiary/aromatic N) is 3. The lowest BCUT2D eigenvalue weighted by molar-refractivity contribution is 0.176. The van der Waals surface area contributed by atoms with Crippen LogP contribution in [0.2, 0.25) is 0 Å². The summed E-state index contributed by atoms with van der Waals surface area (Å²) in [5.41, 5.74) is 0.803. The molecule has 2 N–H and O–H groups in total. The van der Waals surface area contributed by atoms with Crippen LogP contribution in [-0.4, -0.2) is 68.6 Å². The van der Waals surface area contributed by atoms with Gasteiger partial charge in [0, 0.05) is 38.8 Å². The predicted molar refractivity (Wildman–Crippen MR) is 114 cm³/mol. The molecule has 0 amide bonds. The van der Waals surface area contributed by atoms with Crippen LogP contribution in [0.5, 0.6) is 0 Å². The van der Waals surface area contributed by atoms with Crippen LogP contribution in [0.3, 0.4) is 0 Å². The molecule has 3 rings (SSSR count). The van der Waals surface area contributed by atoms with Crippen LogP contribution >= 0.6 is 0 Å². The van der Waals surface area contributed by atoms with Gasteiger partial charge in [0.25, 0.3) is 0 Å². The normalized spacial score (nSPS) is 20.3. The minimum Gasteiger partial charge on any atom is -0.356 e. The van der Waals surface area contributed by atoms with Gasteiger partial charge in [-0.3, -0.25) is 9.89 Å². The molecule has 156 valence electrons. The van der Waals surface area contributed by atoms with Crippen molar-refractivity contribution in [2.75, 3.05) is 52.9 Å². The topological polar surface area (TPSA) is 42.9 Å². The third-order valence-corrected chi connectivity index (χ3v) is 6.01. The highest BCUT2D eigenvalue weighted by molar-refractivity contribution is 5.79. The lowest BCUT2D eigenvalue weighted by Crippen LogP contribution is -2.45. The average Bonchev–Trinajstić information content (AvgIpc) is 2.74. The Hall–Kier alpha value is -1.66. The molecule has 0 spiro atoms. The second kappa shape index (κ2) is 11.4. The SMILES string of the molecule is CN=C(NCCN1CCCCC1)NCC1CCN(Cc2ccccc2F)CC1. The Labute approximate surface area is 169 Å². The molecule has 1 aromatic carbocycles. The summed E-state index contributed by atoms with van der Waals surface area (Å²) in [6, 6.07) is 7.11. The van der Waals surface area contributed by atoms with E-state index in [9.17, 15) is 4.39 Å². The van der Waals surface area contributed by atoms with Crippen LogP contribution in [-0.2, 0) is 6.54 Å². The zero-order chi connectivity index (χ0) is 19.6. The molecule has 6 heteroatoms. The zero-order valence-electron chi connectivity index (χ0n) is 17.3. The van der Waals surface area contributed by atoms with E-state index in [1.165, 1.54) is 32.4 Å². The van der Waals surface area contributed by atoms with E-state index in [0.717, 1.165) is 57.1 Å². The Morgan fingerprint density at radius 3 is 2.50 bits per heavy atom. The van der Waals surface area contributed by atoms with Crippen LogP contribution in [0.15, 0.2) is 29.3 Å². The van der Waals surface area contributed by atoms with Crippen LogP contribution in [0, 0.1) is 11.7 Å². The highest BCUT2D eigenvalue weighted by Gasteiger charge is 2.20. The molecule has 2 aliphatic heterocycles. The molecule has 5 nitrogen and oxygen atoms in total. The van der Waals surface area contributed by atoms with E-state index in [2.05, 4.69) is 25.4 Å². The van der Waals surface area contributed by atoms with E-state index >= 15 is 0 Å². The Morgan fingerprint density at radius 1 is 1.04 bits per heavy atom. The molecule has 0 aromatic heterocycles. The molecule has 2 heterocycles. The van der Waals surface area contributed by atoms with Gasteiger partial charge in [-0.15, -0.1) is 0 Å². The molecular formula is C22H36FN5. The fourth-order valence-corrected chi connectivity index (χ4v) is 4.19. The zero-order valence-corrected chi connectivity index (χ0v) is 17.3. The van der Waals surface area contributed by atoms with Crippen molar-refractivity contribution in [3.05, 3.63) is 35.6 Å². The van der Waals surface area contributed by atoms with Crippen molar-refractivity contribution in [3.8, 4) is 0 Å². The van der Waals surface area contributed by atoms with Crippen LogP contribution in [0.1, 0.15) is 37.7 Å². The molecule has 0 aliphatic carbocycles. The van der Waals surface area contributed by atoms with Crippen LogP contribution in [0.4, 0.5) is 4.39 Å². The fraction of sp³-hybridized carbons (Fsp3) is 0.682. The van der Waals surface area contributed by atoms with Crippen LogP contribution < -0.4 is 10.6 Å². The van der Waals surface area contributed by atoms with E-state index in [0.29, 0.717) is 12.5 Å². The number of aliphatic imine (C=N–C) groups is 1. The maximum absolute atomic E-state index is 13.8. The molecule has 1 aromatic rings. The number of nitrogens with one attached hydrogen (secondary N) is 2. The van der Waals surface area contributed by atoms with Crippen molar-refractivity contribution in [1.82, 2.24) is 20.4 Å². The molecule has 2 fully saturated rings. The molecule has 0 radical (unpaired) electrons. The van der Waals surface area contributed by atoms with Crippen molar-refractivity contribution in [3.63, 3.8) is 0 Å². The summed E-state index contributed by atoms with van der Waals surface area (Å²) in [7, 11) is 1.84. The van der Waals surface area contributed by atoms with Gasteiger partial charge in [0.15, 0.2) is 5.96 Å². The number of hydrogen-bond donors (Lipinski definition) is 2. The number of hydrogen-bond acceptors (Lipinski definition) is 3. The maximum atomic E-state index is 13.8. The predicted octanol–water partition coefficient (Wildman–Crippen LogP) is 2.69. The first kappa shape index (κ1) is 21.1. The van der Waals surface area contributed by atoms with Crippen molar-refractivity contribution >= 4 is 5.96 Å². The highest BCUT2D eigenvalue weighted by atomic mass is 19.1. The van der Waals surface area contributed by atoms with E-state index in [1.54, 1.807) is 12.1 Å². The molecule has 2 saturated heterocycles. The lowest BCUT2D eigenvalue weighted by Gasteiger charge is -2.32. The minimum absolute atomic E-state index is 0.0919. The van der Waals surface area contributed by atoms with Crippen molar-refractivity contribution in [2.24, 2.45) is 10.9 Å². The number of halogens is 1. The fourth-order valence-electron chi connectivity index (χ4n) is 4.19. The molecule has 0 bridgehead atoms. The number of guanidine groups is 1. The Morgan fingerprint density at radius 2 is 1.79 bits per heavy atom. The first-order valence-corrected chi connectivity index (χ1v) is 10.9. The van der Waals surface area contributed by atoms with E-state index < -0.39 is 0 Å². The van der Waals surface area contributed by atoms with Gasteiger partial charge in [-0.25, -0.2) is 4.39 Å². The standard InChI is InChI=1S/C22H36FN5/c1-24-22(25-11-16-27-12-5-2-6-13-27)26-17-19-9-14-28(15-10-19)18-20-7-3-4-8-21(20)23/h3-4,7-8,19H,2,5-6,9-18H2,1H3,(H2,24,25,26). The Bertz CT molecular complexity index is 607. The third-order valence-electron chi connectivity index (χ3n) is 6.01. The van der Waals surface area contributed by atoms with E-state index in [-0.39, 0.29) is 5.82 Å².